The number of hydrogen-bond acceptors (Lipinski definition) is 4. The summed E-state index contributed by atoms with van der Waals surface area (Å²) in [7, 11) is 1.51. The summed E-state index contributed by atoms with van der Waals surface area (Å²) in [6, 6.07) is 20.2. The van der Waals surface area contributed by atoms with Crippen molar-refractivity contribution in [2.24, 2.45) is 0 Å². The van der Waals surface area contributed by atoms with Crippen LogP contribution in [-0.2, 0) is 4.79 Å². The molecule has 4 rings (SSSR count). The highest BCUT2D eigenvalue weighted by molar-refractivity contribution is 6.30. The molecule has 0 spiro atoms. The second-order valence-corrected chi connectivity index (χ2v) is 7.29. The van der Waals surface area contributed by atoms with Crippen molar-refractivity contribution in [3.05, 3.63) is 83.6 Å². The zero-order valence-electron chi connectivity index (χ0n) is 17.0. The topological polar surface area (TPSA) is 73.6 Å². The molecule has 32 heavy (non-hydrogen) atoms. The van der Waals surface area contributed by atoms with Crippen LogP contribution in [0.5, 0.6) is 11.5 Å². The molecule has 3 aromatic carbocycles. The van der Waals surface area contributed by atoms with Gasteiger partial charge < -0.3 is 14.6 Å². The number of halogens is 2. The van der Waals surface area contributed by atoms with Crippen molar-refractivity contribution in [2.75, 3.05) is 13.7 Å². The number of nitrogens with zero attached hydrogens (tertiary/aromatic N) is 2. The summed E-state index contributed by atoms with van der Waals surface area (Å²) in [5, 5.41) is 14.4. The molecule has 162 valence electrons. The Bertz CT molecular complexity index is 1190. The lowest BCUT2D eigenvalue weighted by molar-refractivity contribution is -0.139. The van der Waals surface area contributed by atoms with Gasteiger partial charge in [0.25, 0.3) is 0 Å². The quantitative estimate of drug-likeness (QED) is 0.402. The Morgan fingerprint density at radius 3 is 2.44 bits per heavy atom. The normalized spacial score (nSPS) is 10.7. The largest absolute Gasteiger partial charge is 0.497 e. The number of benzene rings is 3. The summed E-state index contributed by atoms with van der Waals surface area (Å²) in [6.07, 6.45) is 0. The van der Waals surface area contributed by atoms with Crippen molar-refractivity contribution in [3.63, 3.8) is 0 Å². The number of aromatic nitrogens is 2. The lowest BCUT2D eigenvalue weighted by atomic mass is 10.1. The molecule has 0 aliphatic rings. The Balaban J connectivity index is 1.87. The maximum absolute atomic E-state index is 13.5. The van der Waals surface area contributed by atoms with Gasteiger partial charge in [-0.3, -0.25) is 0 Å². The van der Waals surface area contributed by atoms with E-state index in [2.05, 4.69) is 0 Å². The number of aliphatic carboxylic acids is 1. The van der Waals surface area contributed by atoms with Gasteiger partial charge in [-0.1, -0.05) is 11.6 Å². The maximum atomic E-state index is 13.5. The van der Waals surface area contributed by atoms with E-state index < -0.39 is 12.6 Å². The molecule has 4 aromatic rings. The third kappa shape index (κ3) is 4.58. The monoisotopic (exact) mass is 452 g/mol. The summed E-state index contributed by atoms with van der Waals surface area (Å²) < 4.78 is 25.9. The van der Waals surface area contributed by atoms with Crippen molar-refractivity contribution in [3.8, 4) is 39.7 Å². The molecule has 0 bridgehead atoms. The van der Waals surface area contributed by atoms with E-state index in [1.54, 1.807) is 47.1 Å². The molecule has 8 heteroatoms. The average Bonchev–Trinajstić information content (AvgIpc) is 3.23. The van der Waals surface area contributed by atoms with Gasteiger partial charge in [0.05, 0.1) is 24.2 Å². The predicted octanol–water partition coefficient (Wildman–Crippen LogP) is 5.47. The Morgan fingerprint density at radius 1 is 1.06 bits per heavy atom. The molecule has 1 N–H and O–H groups in total. The van der Waals surface area contributed by atoms with Crippen LogP contribution in [0.4, 0.5) is 4.39 Å². The highest BCUT2D eigenvalue weighted by Crippen LogP contribution is 2.36. The number of methoxy groups -OCH3 is 1. The van der Waals surface area contributed by atoms with Crippen LogP contribution in [0.15, 0.2) is 72.8 Å². The lowest BCUT2D eigenvalue weighted by Gasteiger charge is -2.10. The van der Waals surface area contributed by atoms with Crippen molar-refractivity contribution in [2.45, 2.75) is 0 Å². The van der Waals surface area contributed by atoms with E-state index in [0.29, 0.717) is 33.5 Å². The van der Waals surface area contributed by atoms with Gasteiger partial charge in [0.1, 0.15) is 17.3 Å². The molecule has 6 nitrogen and oxygen atoms in total. The molecule has 0 amide bonds. The zero-order valence-corrected chi connectivity index (χ0v) is 17.7. The summed E-state index contributed by atoms with van der Waals surface area (Å²) >= 11 is 6.04. The van der Waals surface area contributed by atoms with Gasteiger partial charge >= 0.3 is 5.97 Å². The molecular weight excluding hydrogens is 435 g/mol. The molecule has 0 saturated carbocycles. The minimum absolute atomic E-state index is 0.318. The molecule has 0 atom stereocenters. The molecule has 1 aromatic heterocycles. The van der Waals surface area contributed by atoms with Crippen LogP contribution < -0.4 is 9.47 Å². The first-order chi connectivity index (χ1) is 15.4. The molecule has 0 radical (unpaired) electrons. The molecule has 0 saturated heterocycles. The van der Waals surface area contributed by atoms with Crippen molar-refractivity contribution in [1.82, 2.24) is 9.78 Å². The highest BCUT2D eigenvalue weighted by Gasteiger charge is 2.17. The number of carboxylic acid groups (broad SMARTS) is 1. The van der Waals surface area contributed by atoms with E-state index in [0.717, 1.165) is 11.3 Å². The number of hydrogen-bond donors (Lipinski definition) is 1. The van der Waals surface area contributed by atoms with E-state index in [1.807, 2.05) is 18.2 Å². The fourth-order valence-electron chi connectivity index (χ4n) is 3.22. The first-order valence-corrected chi connectivity index (χ1v) is 9.97. The standard InChI is InChI=1S/C24H18ClFN2O4/c1-31-19-10-11-20(23(12-19)32-14-24(29)30)21-13-22(15-2-6-17(26)7-3-15)28(27-21)18-8-4-16(25)5-9-18/h2-13H,14H2,1H3,(H,29,30). The predicted molar refractivity (Wildman–Crippen MR) is 119 cm³/mol. The summed E-state index contributed by atoms with van der Waals surface area (Å²) in [5.74, 6) is -0.605. The Morgan fingerprint density at radius 2 is 1.78 bits per heavy atom. The van der Waals surface area contributed by atoms with E-state index in [-0.39, 0.29) is 5.82 Å². The zero-order chi connectivity index (χ0) is 22.7. The third-order valence-electron chi connectivity index (χ3n) is 4.74. The second kappa shape index (κ2) is 9.11. The van der Waals surface area contributed by atoms with Crippen LogP contribution in [0.2, 0.25) is 5.02 Å². The van der Waals surface area contributed by atoms with E-state index in [4.69, 9.17) is 31.3 Å². The Labute approximate surface area is 188 Å². The van der Waals surface area contributed by atoms with Crippen LogP contribution in [0.1, 0.15) is 0 Å². The van der Waals surface area contributed by atoms with Gasteiger partial charge in [-0.25, -0.2) is 13.9 Å². The summed E-state index contributed by atoms with van der Waals surface area (Å²) in [4.78, 5) is 11.0. The van der Waals surface area contributed by atoms with Gasteiger partial charge in [-0.15, -0.1) is 0 Å². The molecule has 0 aliphatic carbocycles. The Hall–Kier alpha value is -3.84. The van der Waals surface area contributed by atoms with Crippen molar-refractivity contribution in [1.29, 1.82) is 0 Å². The van der Waals surface area contributed by atoms with E-state index >= 15 is 0 Å². The van der Waals surface area contributed by atoms with Gasteiger partial charge in [0.2, 0.25) is 0 Å². The van der Waals surface area contributed by atoms with Crippen molar-refractivity contribution < 1.29 is 23.8 Å². The first-order valence-electron chi connectivity index (χ1n) is 9.59. The van der Waals surface area contributed by atoms with Crippen LogP contribution >= 0.6 is 11.6 Å². The molecule has 1 heterocycles. The average molecular weight is 453 g/mol. The summed E-state index contributed by atoms with van der Waals surface area (Å²) in [6.45, 7) is -0.511. The van der Waals surface area contributed by atoms with Gasteiger partial charge in [0.15, 0.2) is 6.61 Å². The minimum Gasteiger partial charge on any atom is -0.497 e. The fourth-order valence-corrected chi connectivity index (χ4v) is 3.34. The fraction of sp³-hybridized carbons (Fsp3) is 0.0833. The number of ether oxygens (including phenoxy) is 2. The summed E-state index contributed by atoms with van der Waals surface area (Å²) in [5.41, 5.74) is 3.34. The van der Waals surface area contributed by atoms with Crippen LogP contribution in [-0.4, -0.2) is 34.6 Å². The minimum atomic E-state index is -1.10. The maximum Gasteiger partial charge on any atom is 0.341 e. The molecule has 0 aliphatic heterocycles. The van der Waals surface area contributed by atoms with Gasteiger partial charge in [-0.05, 0) is 66.7 Å². The highest BCUT2D eigenvalue weighted by atomic mass is 35.5. The number of carboxylic acids is 1. The molecule has 0 fully saturated rings. The number of carbonyl (C=O) groups is 1. The van der Waals surface area contributed by atoms with Gasteiger partial charge in [-0.2, -0.15) is 5.10 Å². The first kappa shape index (κ1) is 21.4. The van der Waals surface area contributed by atoms with Crippen LogP contribution in [0.25, 0.3) is 28.2 Å². The number of rotatable bonds is 7. The van der Waals surface area contributed by atoms with Crippen LogP contribution in [0.3, 0.4) is 0 Å². The van der Waals surface area contributed by atoms with Gasteiger partial charge in [0, 0.05) is 22.2 Å². The SMILES string of the molecule is COc1ccc(-c2cc(-c3ccc(F)cc3)n(-c3ccc(Cl)cc3)n2)c(OCC(=O)O)c1. The van der Waals surface area contributed by atoms with Crippen molar-refractivity contribution >= 4 is 17.6 Å². The Kier molecular flexibility index (Phi) is 6.09. The second-order valence-electron chi connectivity index (χ2n) is 6.85. The molecule has 0 unspecified atom stereocenters. The van der Waals surface area contributed by atoms with E-state index in [9.17, 15) is 9.18 Å². The van der Waals surface area contributed by atoms with Crippen LogP contribution in [0, 0.1) is 5.82 Å². The lowest BCUT2D eigenvalue weighted by Crippen LogP contribution is -2.10. The third-order valence-corrected chi connectivity index (χ3v) is 4.99. The smallest absolute Gasteiger partial charge is 0.341 e. The molecular formula is C24H18ClFN2O4. The van der Waals surface area contributed by atoms with E-state index in [1.165, 1.54) is 19.2 Å².